The summed E-state index contributed by atoms with van der Waals surface area (Å²) in [6.45, 7) is 3.72. The van der Waals surface area contributed by atoms with Gasteiger partial charge in [0.25, 0.3) is 0 Å². The zero-order valence-electron chi connectivity index (χ0n) is 7.33. The van der Waals surface area contributed by atoms with Gasteiger partial charge in [-0.1, -0.05) is 0 Å². The smallest absolute Gasteiger partial charge is 0.186 e. The Morgan fingerprint density at radius 2 is 2.33 bits per heavy atom. The lowest BCUT2D eigenvalue weighted by molar-refractivity contribution is 0.537. The zero-order valence-corrected chi connectivity index (χ0v) is 7.33. The summed E-state index contributed by atoms with van der Waals surface area (Å²) in [6, 6.07) is 0. The number of hydrogen-bond acceptors (Lipinski definition) is 3. The van der Waals surface area contributed by atoms with E-state index in [-0.39, 0.29) is 5.96 Å². The third kappa shape index (κ3) is 3.55. The highest BCUT2D eigenvalue weighted by atomic mass is 15.5. The predicted octanol–water partition coefficient (Wildman–Crippen LogP) is -0.955. The van der Waals surface area contributed by atoms with Crippen molar-refractivity contribution in [1.29, 1.82) is 5.41 Å². The molecule has 12 heavy (non-hydrogen) atoms. The number of guanidine groups is 1. The van der Waals surface area contributed by atoms with Crippen molar-refractivity contribution in [3.05, 3.63) is 0 Å². The van der Waals surface area contributed by atoms with Crippen molar-refractivity contribution >= 4 is 18.5 Å². The fourth-order valence-electron chi connectivity index (χ4n) is 0.594. The van der Waals surface area contributed by atoms with Crippen molar-refractivity contribution in [2.45, 2.75) is 0 Å². The molecule has 0 spiro atoms. The molecule has 0 fully saturated rings. The summed E-state index contributed by atoms with van der Waals surface area (Å²) in [5.41, 5.74) is 5.09. The normalized spacial score (nSPS) is 10.7. The van der Waals surface area contributed by atoms with E-state index in [1.54, 1.807) is 14.1 Å². The molecule has 0 aromatic carbocycles. The molecule has 6 nitrogen and oxygen atoms in total. The minimum absolute atomic E-state index is 0.0892. The van der Waals surface area contributed by atoms with Crippen molar-refractivity contribution in [3.8, 4) is 0 Å². The summed E-state index contributed by atoms with van der Waals surface area (Å²) in [5.74, 6) is 0.578. The van der Waals surface area contributed by atoms with E-state index in [1.807, 2.05) is 0 Å². The van der Waals surface area contributed by atoms with Crippen LogP contribution in [0.3, 0.4) is 0 Å². The molecule has 0 rings (SSSR count). The van der Waals surface area contributed by atoms with E-state index in [9.17, 15) is 0 Å². The van der Waals surface area contributed by atoms with Crippen LogP contribution in [0, 0.1) is 5.41 Å². The Morgan fingerprint density at radius 1 is 1.75 bits per heavy atom. The molecule has 68 valence electrons. The number of hydrazone groups is 1. The Labute approximate surface area is 71.7 Å². The standard InChI is InChI=1S/C6H14N6/c1-9-5(12(3)10-2)4-11-6(7)8/h2,4H2,1,3H3,(H4,7,8,11)/b9-5-. The van der Waals surface area contributed by atoms with E-state index in [4.69, 9.17) is 11.1 Å². The van der Waals surface area contributed by atoms with Crippen LogP contribution in [0.1, 0.15) is 0 Å². The fraction of sp³-hybridized carbons (Fsp3) is 0.500. The Balaban J connectivity index is 4.01. The van der Waals surface area contributed by atoms with Crippen LogP contribution in [0.15, 0.2) is 10.1 Å². The minimum Gasteiger partial charge on any atom is -0.370 e. The van der Waals surface area contributed by atoms with Crippen LogP contribution in [0.25, 0.3) is 0 Å². The van der Waals surface area contributed by atoms with Crippen LogP contribution in [0.2, 0.25) is 0 Å². The van der Waals surface area contributed by atoms with Gasteiger partial charge in [0, 0.05) is 20.8 Å². The maximum absolute atomic E-state index is 6.91. The van der Waals surface area contributed by atoms with Crippen LogP contribution < -0.4 is 11.1 Å². The maximum atomic E-state index is 6.91. The van der Waals surface area contributed by atoms with E-state index in [0.29, 0.717) is 12.4 Å². The van der Waals surface area contributed by atoms with E-state index in [0.717, 1.165) is 0 Å². The Bertz CT molecular complexity index is 196. The molecule has 0 amide bonds. The number of hydrogen-bond donors (Lipinski definition) is 3. The second kappa shape index (κ2) is 5.11. The molecule has 6 heteroatoms. The van der Waals surface area contributed by atoms with Gasteiger partial charge < -0.3 is 11.1 Å². The predicted molar refractivity (Wildman–Crippen MR) is 50.6 cm³/mol. The van der Waals surface area contributed by atoms with Crippen LogP contribution in [-0.2, 0) is 0 Å². The van der Waals surface area contributed by atoms with Crippen molar-refractivity contribution in [1.82, 2.24) is 10.3 Å². The van der Waals surface area contributed by atoms with Gasteiger partial charge in [0.15, 0.2) is 5.96 Å². The molecule has 0 aromatic rings. The van der Waals surface area contributed by atoms with Crippen molar-refractivity contribution in [3.63, 3.8) is 0 Å². The molecular weight excluding hydrogens is 156 g/mol. The minimum atomic E-state index is -0.0892. The summed E-state index contributed by atoms with van der Waals surface area (Å²) in [5, 5.41) is 14.7. The van der Waals surface area contributed by atoms with Crippen LogP contribution in [0.5, 0.6) is 0 Å². The first kappa shape index (κ1) is 10.4. The van der Waals surface area contributed by atoms with Crippen molar-refractivity contribution in [2.75, 3.05) is 20.6 Å². The molecule has 0 aromatic heterocycles. The summed E-state index contributed by atoms with van der Waals surface area (Å²) >= 11 is 0. The van der Waals surface area contributed by atoms with Gasteiger partial charge >= 0.3 is 0 Å². The summed E-state index contributed by atoms with van der Waals surface area (Å²) in [7, 11) is 3.36. The Hall–Kier alpha value is -1.59. The molecule has 0 aliphatic heterocycles. The van der Waals surface area contributed by atoms with E-state index >= 15 is 0 Å². The molecule has 0 saturated carbocycles. The molecule has 0 saturated heterocycles. The highest BCUT2D eigenvalue weighted by molar-refractivity contribution is 5.87. The van der Waals surface area contributed by atoms with Gasteiger partial charge in [-0.25, -0.2) is 0 Å². The number of aliphatic imine (C=N–C) groups is 1. The first-order valence-electron chi connectivity index (χ1n) is 3.35. The molecule has 0 aliphatic rings. The average molecular weight is 170 g/mol. The monoisotopic (exact) mass is 170 g/mol. The SMILES string of the molecule is C=NN(C)/C(CNC(=N)N)=N\C. The van der Waals surface area contributed by atoms with Crippen LogP contribution in [0.4, 0.5) is 0 Å². The third-order valence-electron chi connectivity index (χ3n) is 1.28. The lowest BCUT2D eigenvalue weighted by atomic mass is 10.5. The van der Waals surface area contributed by atoms with Crippen molar-refractivity contribution in [2.24, 2.45) is 15.8 Å². The third-order valence-corrected chi connectivity index (χ3v) is 1.28. The number of nitrogens with two attached hydrogens (primary N) is 1. The number of nitrogens with one attached hydrogen (secondary N) is 2. The molecule has 0 bridgehead atoms. The van der Waals surface area contributed by atoms with Gasteiger partial charge in [0.05, 0.1) is 6.54 Å². The van der Waals surface area contributed by atoms with Gasteiger partial charge in [-0.2, -0.15) is 5.10 Å². The molecule has 0 radical (unpaired) electrons. The Kier molecular flexibility index (Phi) is 4.43. The number of amidine groups is 1. The van der Waals surface area contributed by atoms with Gasteiger partial charge in [-0.05, 0) is 0 Å². The highest BCUT2D eigenvalue weighted by Gasteiger charge is 2.02. The highest BCUT2D eigenvalue weighted by Crippen LogP contribution is 1.85. The van der Waals surface area contributed by atoms with Crippen LogP contribution >= 0.6 is 0 Å². The number of rotatable bonds is 3. The Morgan fingerprint density at radius 3 is 2.67 bits per heavy atom. The van der Waals surface area contributed by atoms with Gasteiger partial charge in [-0.15, -0.1) is 0 Å². The van der Waals surface area contributed by atoms with Gasteiger partial charge in [-0.3, -0.25) is 15.4 Å². The summed E-state index contributed by atoms with van der Waals surface area (Å²) in [6.07, 6.45) is 0. The molecule has 0 atom stereocenters. The molecule has 4 N–H and O–H groups in total. The molecule has 0 unspecified atom stereocenters. The molecule has 0 heterocycles. The van der Waals surface area contributed by atoms with Gasteiger partial charge in [0.1, 0.15) is 5.84 Å². The lowest BCUT2D eigenvalue weighted by Gasteiger charge is -2.14. The van der Waals surface area contributed by atoms with E-state index in [2.05, 4.69) is 22.1 Å². The second-order valence-electron chi connectivity index (χ2n) is 2.07. The second-order valence-corrected chi connectivity index (χ2v) is 2.07. The van der Waals surface area contributed by atoms with E-state index in [1.165, 1.54) is 5.01 Å². The largest absolute Gasteiger partial charge is 0.370 e. The van der Waals surface area contributed by atoms with Crippen molar-refractivity contribution < 1.29 is 0 Å². The van der Waals surface area contributed by atoms with E-state index < -0.39 is 0 Å². The molecule has 0 aliphatic carbocycles. The summed E-state index contributed by atoms with van der Waals surface area (Å²) < 4.78 is 0. The quantitative estimate of drug-likeness (QED) is 0.289. The fourth-order valence-corrected chi connectivity index (χ4v) is 0.594. The topological polar surface area (TPSA) is 89.9 Å². The van der Waals surface area contributed by atoms with Crippen LogP contribution in [-0.4, -0.2) is 44.2 Å². The number of likely N-dealkylation sites (N-methyl/N-ethyl adjacent to an activating group) is 1. The first-order chi connectivity index (χ1) is 5.61. The summed E-state index contributed by atoms with van der Waals surface area (Å²) in [4.78, 5) is 3.92. The first-order valence-corrected chi connectivity index (χ1v) is 3.35. The lowest BCUT2D eigenvalue weighted by Crippen LogP contribution is -2.39. The molecular formula is C6H14N6. The average Bonchev–Trinajstić information content (AvgIpc) is 2.04. The van der Waals surface area contributed by atoms with Gasteiger partial charge in [0.2, 0.25) is 0 Å². The maximum Gasteiger partial charge on any atom is 0.186 e. The number of nitrogens with zero attached hydrogens (tertiary/aromatic N) is 3. The zero-order chi connectivity index (χ0) is 9.56.